The summed E-state index contributed by atoms with van der Waals surface area (Å²) in [7, 11) is 0. The van der Waals surface area contributed by atoms with E-state index in [1.807, 2.05) is 0 Å². The standard InChI is InChI=1S/C14H14Cl2N2O2/c1-2-13(19)17-9-6-10(7-9)18-14(20)8-3-4-11(15)12(16)5-8/h2-5,9-10H,1,6-7H2,(H,17,19)(H,18,20). The van der Waals surface area contributed by atoms with Gasteiger partial charge in [-0.3, -0.25) is 9.59 Å². The topological polar surface area (TPSA) is 58.2 Å². The molecule has 0 spiro atoms. The largest absolute Gasteiger partial charge is 0.350 e. The van der Waals surface area contributed by atoms with Gasteiger partial charge in [-0.15, -0.1) is 0 Å². The van der Waals surface area contributed by atoms with Crippen LogP contribution in [0, 0.1) is 0 Å². The zero-order valence-corrected chi connectivity index (χ0v) is 12.2. The van der Waals surface area contributed by atoms with Gasteiger partial charge in [0.1, 0.15) is 0 Å². The Hall–Kier alpha value is -1.52. The van der Waals surface area contributed by atoms with Crippen molar-refractivity contribution in [3.63, 3.8) is 0 Å². The average molecular weight is 313 g/mol. The lowest BCUT2D eigenvalue weighted by Gasteiger charge is -2.36. The van der Waals surface area contributed by atoms with Gasteiger partial charge in [0.25, 0.3) is 5.91 Å². The minimum Gasteiger partial charge on any atom is -0.350 e. The van der Waals surface area contributed by atoms with Crippen LogP contribution in [0.2, 0.25) is 10.0 Å². The van der Waals surface area contributed by atoms with Crippen LogP contribution in [0.1, 0.15) is 23.2 Å². The number of nitrogens with one attached hydrogen (secondary N) is 2. The van der Waals surface area contributed by atoms with Crippen LogP contribution in [0.25, 0.3) is 0 Å². The second-order valence-electron chi connectivity index (χ2n) is 4.68. The van der Waals surface area contributed by atoms with Crippen molar-refractivity contribution in [2.24, 2.45) is 0 Å². The highest BCUT2D eigenvalue weighted by molar-refractivity contribution is 6.42. The fourth-order valence-electron chi connectivity index (χ4n) is 2.02. The molecule has 2 N–H and O–H groups in total. The molecule has 106 valence electrons. The van der Waals surface area contributed by atoms with E-state index in [1.165, 1.54) is 12.1 Å². The predicted molar refractivity (Wildman–Crippen MR) is 79.1 cm³/mol. The fraction of sp³-hybridized carbons (Fsp3) is 0.286. The SMILES string of the molecule is C=CC(=O)NC1CC(NC(=O)c2ccc(Cl)c(Cl)c2)C1. The van der Waals surface area contributed by atoms with Gasteiger partial charge in [0.05, 0.1) is 10.0 Å². The van der Waals surface area contributed by atoms with E-state index in [2.05, 4.69) is 17.2 Å². The number of benzene rings is 1. The quantitative estimate of drug-likeness (QED) is 0.839. The Bertz CT molecular complexity index is 554. The summed E-state index contributed by atoms with van der Waals surface area (Å²) in [6, 6.07) is 4.91. The van der Waals surface area contributed by atoms with Crippen LogP contribution in [0.15, 0.2) is 30.9 Å². The molecule has 0 heterocycles. The van der Waals surface area contributed by atoms with Crippen molar-refractivity contribution >= 4 is 35.0 Å². The smallest absolute Gasteiger partial charge is 0.251 e. The van der Waals surface area contributed by atoms with E-state index >= 15 is 0 Å². The van der Waals surface area contributed by atoms with Crippen molar-refractivity contribution in [1.29, 1.82) is 0 Å². The third-order valence-corrected chi connectivity index (χ3v) is 3.93. The molecule has 1 saturated carbocycles. The molecule has 0 aliphatic heterocycles. The molecule has 1 aromatic rings. The first-order chi connectivity index (χ1) is 9.49. The number of rotatable bonds is 4. The summed E-state index contributed by atoms with van der Waals surface area (Å²) >= 11 is 11.7. The van der Waals surface area contributed by atoms with E-state index in [-0.39, 0.29) is 23.9 Å². The maximum Gasteiger partial charge on any atom is 0.251 e. The first-order valence-corrected chi connectivity index (χ1v) is 6.94. The van der Waals surface area contributed by atoms with Gasteiger partial charge in [0, 0.05) is 17.6 Å². The molecule has 2 rings (SSSR count). The number of carbonyl (C=O) groups is 2. The summed E-state index contributed by atoms with van der Waals surface area (Å²) in [5.74, 6) is -0.383. The van der Waals surface area contributed by atoms with Gasteiger partial charge in [-0.25, -0.2) is 0 Å². The Morgan fingerprint density at radius 1 is 1.15 bits per heavy atom. The first-order valence-electron chi connectivity index (χ1n) is 6.18. The van der Waals surface area contributed by atoms with Crippen molar-refractivity contribution in [1.82, 2.24) is 10.6 Å². The van der Waals surface area contributed by atoms with Crippen molar-refractivity contribution in [2.45, 2.75) is 24.9 Å². The summed E-state index contributed by atoms with van der Waals surface area (Å²) in [5, 5.41) is 6.43. The second kappa shape index (κ2) is 6.29. The lowest BCUT2D eigenvalue weighted by atomic mass is 9.86. The zero-order chi connectivity index (χ0) is 14.7. The predicted octanol–water partition coefficient (Wildman–Crippen LogP) is 2.56. The molecular formula is C14H14Cl2N2O2. The highest BCUT2D eigenvalue weighted by atomic mass is 35.5. The Morgan fingerprint density at radius 3 is 2.40 bits per heavy atom. The molecule has 0 aromatic heterocycles. The third-order valence-electron chi connectivity index (χ3n) is 3.19. The lowest BCUT2D eigenvalue weighted by molar-refractivity contribution is -0.117. The Balaban J connectivity index is 1.83. The average Bonchev–Trinajstić information content (AvgIpc) is 2.38. The summed E-state index contributed by atoms with van der Waals surface area (Å²) in [5.41, 5.74) is 0.470. The lowest BCUT2D eigenvalue weighted by Crippen LogP contribution is -2.53. The number of halogens is 2. The van der Waals surface area contributed by atoms with Crippen molar-refractivity contribution < 1.29 is 9.59 Å². The Morgan fingerprint density at radius 2 is 1.80 bits per heavy atom. The number of amides is 2. The molecule has 0 bridgehead atoms. The Kier molecular flexibility index (Phi) is 4.68. The van der Waals surface area contributed by atoms with Gasteiger partial charge in [-0.2, -0.15) is 0 Å². The van der Waals surface area contributed by atoms with Crippen LogP contribution in [-0.2, 0) is 4.79 Å². The van der Waals surface area contributed by atoms with Crippen LogP contribution >= 0.6 is 23.2 Å². The van der Waals surface area contributed by atoms with Gasteiger partial charge in [-0.05, 0) is 37.1 Å². The molecule has 0 saturated heterocycles. The molecule has 4 nitrogen and oxygen atoms in total. The molecule has 1 aliphatic carbocycles. The highest BCUT2D eigenvalue weighted by Crippen LogP contribution is 2.24. The van der Waals surface area contributed by atoms with E-state index in [9.17, 15) is 9.59 Å². The monoisotopic (exact) mass is 312 g/mol. The highest BCUT2D eigenvalue weighted by Gasteiger charge is 2.31. The molecule has 6 heteroatoms. The van der Waals surface area contributed by atoms with E-state index in [4.69, 9.17) is 23.2 Å². The van der Waals surface area contributed by atoms with Gasteiger partial charge in [-0.1, -0.05) is 29.8 Å². The van der Waals surface area contributed by atoms with Crippen molar-refractivity contribution in [3.05, 3.63) is 46.5 Å². The molecule has 0 atom stereocenters. The van der Waals surface area contributed by atoms with E-state index < -0.39 is 0 Å². The van der Waals surface area contributed by atoms with Crippen molar-refractivity contribution in [3.8, 4) is 0 Å². The number of carbonyl (C=O) groups excluding carboxylic acids is 2. The maximum absolute atomic E-state index is 12.0. The normalized spacial score (nSPS) is 20.7. The van der Waals surface area contributed by atoms with Crippen LogP contribution in [-0.4, -0.2) is 23.9 Å². The van der Waals surface area contributed by atoms with Crippen LogP contribution in [0.3, 0.4) is 0 Å². The molecule has 1 fully saturated rings. The van der Waals surface area contributed by atoms with Gasteiger partial charge >= 0.3 is 0 Å². The maximum atomic E-state index is 12.0. The summed E-state index contributed by atoms with van der Waals surface area (Å²) in [4.78, 5) is 23.1. The van der Waals surface area contributed by atoms with Gasteiger partial charge in [0.15, 0.2) is 0 Å². The molecule has 0 radical (unpaired) electrons. The number of hydrogen-bond acceptors (Lipinski definition) is 2. The van der Waals surface area contributed by atoms with E-state index in [0.29, 0.717) is 28.5 Å². The van der Waals surface area contributed by atoms with E-state index in [1.54, 1.807) is 12.1 Å². The van der Waals surface area contributed by atoms with Crippen LogP contribution in [0.5, 0.6) is 0 Å². The Labute approximate surface area is 127 Å². The van der Waals surface area contributed by atoms with Gasteiger partial charge in [0.2, 0.25) is 5.91 Å². The van der Waals surface area contributed by atoms with Crippen molar-refractivity contribution in [2.75, 3.05) is 0 Å². The fourth-order valence-corrected chi connectivity index (χ4v) is 2.32. The van der Waals surface area contributed by atoms with Gasteiger partial charge < -0.3 is 10.6 Å². The summed E-state index contributed by atoms with van der Waals surface area (Å²) in [6.07, 6.45) is 2.67. The summed E-state index contributed by atoms with van der Waals surface area (Å²) in [6.45, 7) is 3.39. The second-order valence-corrected chi connectivity index (χ2v) is 5.49. The minimum atomic E-state index is -0.193. The molecule has 20 heavy (non-hydrogen) atoms. The number of hydrogen-bond donors (Lipinski definition) is 2. The third kappa shape index (κ3) is 3.52. The van der Waals surface area contributed by atoms with E-state index in [0.717, 1.165) is 0 Å². The summed E-state index contributed by atoms with van der Waals surface area (Å²) < 4.78 is 0. The molecular weight excluding hydrogens is 299 g/mol. The zero-order valence-electron chi connectivity index (χ0n) is 10.7. The molecule has 1 aromatic carbocycles. The van der Waals surface area contributed by atoms with Crippen LogP contribution in [0.4, 0.5) is 0 Å². The molecule has 2 amide bonds. The molecule has 0 unspecified atom stereocenters. The minimum absolute atomic E-state index is 0.0621. The first kappa shape index (κ1) is 14.9. The van der Waals surface area contributed by atoms with Crippen LogP contribution < -0.4 is 10.6 Å². The molecule has 1 aliphatic rings.